The second-order valence-electron chi connectivity index (χ2n) is 10.6. The van der Waals surface area contributed by atoms with Crippen molar-refractivity contribution in [3.63, 3.8) is 0 Å². The van der Waals surface area contributed by atoms with Gasteiger partial charge in [0.1, 0.15) is 5.60 Å². The van der Waals surface area contributed by atoms with Crippen LogP contribution in [0, 0.1) is 0 Å². The lowest BCUT2D eigenvalue weighted by atomic mass is 10.1. The number of hydrogen-bond acceptors (Lipinski definition) is 9. The van der Waals surface area contributed by atoms with Gasteiger partial charge in [-0.1, -0.05) is 36.4 Å². The van der Waals surface area contributed by atoms with Gasteiger partial charge in [0, 0.05) is 11.9 Å². The largest absolute Gasteiger partial charge is 0.449 e. The van der Waals surface area contributed by atoms with Crippen LogP contribution in [0.2, 0.25) is 0 Å². The number of carbonyl (C=O) groups excluding carboxylic acids is 1. The first kappa shape index (κ1) is 30.7. The first-order valence-corrected chi connectivity index (χ1v) is 14.4. The second kappa shape index (κ2) is 11.2. The van der Waals surface area contributed by atoms with Crippen molar-refractivity contribution in [3.8, 4) is 0 Å². The molecule has 224 valence electrons. The number of aromatic nitrogens is 4. The molecule has 3 N–H and O–H groups in total. The van der Waals surface area contributed by atoms with Crippen molar-refractivity contribution in [1.29, 1.82) is 0 Å². The predicted octanol–water partition coefficient (Wildman–Crippen LogP) is 4.31. The van der Waals surface area contributed by atoms with Gasteiger partial charge in [-0.3, -0.25) is 4.90 Å². The number of carbonyl (C=O) groups is 1. The van der Waals surface area contributed by atoms with Crippen LogP contribution in [0.3, 0.4) is 0 Å². The Morgan fingerprint density at radius 1 is 1.02 bits per heavy atom. The number of aliphatic hydroxyl groups excluding tert-OH is 1. The van der Waals surface area contributed by atoms with Gasteiger partial charge in [0.15, 0.2) is 17.0 Å². The topological polar surface area (TPSA) is 154 Å². The Kier molecular flexibility index (Phi) is 8.20. The number of imidazole rings is 1. The molecule has 4 rings (SSSR count). The van der Waals surface area contributed by atoms with E-state index in [1.165, 1.54) is 4.90 Å². The minimum absolute atomic E-state index is 0.0121. The third-order valence-corrected chi connectivity index (χ3v) is 6.72. The number of fused-ring (bicyclic) bond motifs is 1. The maximum Gasteiger partial charge on any atom is 0.449 e. The van der Waals surface area contributed by atoms with E-state index in [0.717, 1.165) is 10.8 Å². The number of halogens is 3. The Bertz CT molecular complexity index is 1750. The fraction of sp³-hybridized carbons (Fsp3) is 0.333. The second-order valence-corrected chi connectivity index (χ2v) is 12.5. The highest BCUT2D eigenvalue weighted by atomic mass is 32.2. The van der Waals surface area contributed by atoms with Gasteiger partial charge >= 0.3 is 12.3 Å². The van der Waals surface area contributed by atoms with Crippen LogP contribution >= 0.6 is 0 Å². The number of nitrogens with two attached hydrogens (primary N) is 1. The molecule has 4 aromatic rings. The van der Waals surface area contributed by atoms with Gasteiger partial charge in [-0.2, -0.15) is 23.1 Å². The fourth-order valence-corrected chi connectivity index (χ4v) is 4.64. The zero-order chi connectivity index (χ0) is 31.0. The van der Waals surface area contributed by atoms with Crippen LogP contribution in [0.5, 0.6) is 0 Å². The molecule has 0 atom stereocenters. The third-order valence-electron chi connectivity index (χ3n) is 5.88. The van der Waals surface area contributed by atoms with Crippen LogP contribution in [-0.4, -0.2) is 51.0 Å². The molecule has 15 heteroatoms. The summed E-state index contributed by atoms with van der Waals surface area (Å²) in [6.07, 6.45) is -4.76. The van der Waals surface area contributed by atoms with Crippen LogP contribution in [0.1, 0.15) is 43.3 Å². The van der Waals surface area contributed by atoms with E-state index in [9.17, 15) is 31.5 Å². The maximum atomic E-state index is 14.0. The van der Waals surface area contributed by atoms with Gasteiger partial charge in [0.05, 0.1) is 19.7 Å². The summed E-state index contributed by atoms with van der Waals surface area (Å²) in [4.78, 5) is 25.6. The van der Waals surface area contributed by atoms with Crippen molar-refractivity contribution < 1.29 is 36.2 Å². The van der Waals surface area contributed by atoms with Crippen molar-refractivity contribution in [2.24, 2.45) is 0 Å². The zero-order valence-corrected chi connectivity index (χ0v) is 24.0. The van der Waals surface area contributed by atoms with Crippen molar-refractivity contribution in [2.75, 3.05) is 16.9 Å². The summed E-state index contributed by atoms with van der Waals surface area (Å²) < 4.78 is 72.5. The van der Waals surface area contributed by atoms with E-state index in [1.807, 2.05) is 0 Å². The van der Waals surface area contributed by atoms with Crippen molar-refractivity contribution >= 4 is 38.6 Å². The molecule has 2 heterocycles. The standard InChI is InChI=1S/C27H29F3N6O5S/c1-26(2,3)41-25(38)35(19-10-6-9-18(12-19)15-37)13-16-7-5-8-17(11-16)14-36-22-20(32-23(36)27(28,29)30)21(31)33-24(34-22)42(4,39)40/h5-12,37H,13-15H2,1-4H3,(H2,31,33,34). The minimum Gasteiger partial charge on any atom is -0.443 e. The average molecular weight is 607 g/mol. The highest BCUT2D eigenvalue weighted by molar-refractivity contribution is 7.90. The summed E-state index contributed by atoms with van der Waals surface area (Å²) in [7, 11) is -4.00. The minimum atomic E-state index is -4.92. The van der Waals surface area contributed by atoms with Gasteiger partial charge in [0.25, 0.3) is 5.16 Å². The number of anilines is 2. The Hall–Kier alpha value is -4.24. The molecule has 11 nitrogen and oxygen atoms in total. The molecule has 0 aliphatic heterocycles. The molecule has 0 bridgehead atoms. The summed E-state index contributed by atoms with van der Waals surface area (Å²) in [5.74, 6) is -1.83. The normalized spacial score (nSPS) is 12.5. The summed E-state index contributed by atoms with van der Waals surface area (Å²) >= 11 is 0. The predicted molar refractivity (Wildman–Crippen MR) is 148 cm³/mol. The van der Waals surface area contributed by atoms with Crippen LogP contribution in [0.4, 0.5) is 29.5 Å². The summed E-state index contributed by atoms with van der Waals surface area (Å²) in [6, 6.07) is 13.1. The number of hydrogen-bond donors (Lipinski definition) is 2. The molecule has 0 aliphatic carbocycles. The molecule has 0 saturated carbocycles. The number of amides is 1. The van der Waals surface area contributed by atoms with Crippen LogP contribution in [0.15, 0.2) is 53.7 Å². The Morgan fingerprint density at radius 3 is 2.29 bits per heavy atom. The molecule has 0 fully saturated rings. The van der Waals surface area contributed by atoms with Crippen LogP contribution in [-0.2, 0) is 40.4 Å². The van der Waals surface area contributed by atoms with E-state index >= 15 is 0 Å². The van der Waals surface area contributed by atoms with E-state index < -0.39 is 56.7 Å². The molecule has 0 aliphatic rings. The number of sulfone groups is 1. The average Bonchev–Trinajstić information content (AvgIpc) is 3.25. The molecule has 1 amide bonds. The van der Waals surface area contributed by atoms with Crippen molar-refractivity contribution in [1.82, 2.24) is 19.5 Å². The number of ether oxygens (including phenoxy) is 1. The summed E-state index contributed by atoms with van der Waals surface area (Å²) in [6.45, 7) is 4.49. The lowest BCUT2D eigenvalue weighted by Gasteiger charge is -2.28. The van der Waals surface area contributed by atoms with Crippen LogP contribution in [0.25, 0.3) is 11.2 Å². The molecule has 2 aromatic carbocycles. The highest BCUT2D eigenvalue weighted by Crippen LogP contribution is 2.33. The van der Waals surface area contributed by atoms with Crippen molar-refractivity contribution in [3.05, 3.63) is 71.0 Å². The van der Waals surface area contributed by atoms with E-state index in [1.54, 1.807) is 69.3 Å². The van der Waals surface area contributed by atoms with Gasteiger partial charge in [0.2, 0.25) is 15.7 Å². The first-order chi connectivity index (χ1) is 19.5. The number of alkyl halides is 3. The quantitative estimate of drug-likeness (QED) is 0.293. The monoisotopic (exact) mass is 606 g/mol. The zero-order valence-electron chi connectivity index (χ0n) is 23.2. The molecular weight excluding hydrogens is 577 g/mol. The number of nitrogen functional groups attached to an aromatic ring is 1. The molecule has 2 aromatic heterocycles. The number of rotatable bonds is 7. The van der Waals surface area contributed by atoms with Gasteiger partial charge in [-0.05, 0) is 49.6 Å². The SMILES string of the molecule is CC(C)(C)OC(=O)N(Cc1cccc(Cn2c(C(F)(F)F)nc3c(N)nc(S(C)(=O)=O)nc32)c1)c1cccc(CO)c1. The van der Waals surface area contributed by atoms with E-state index in [0.29, 0.717) is 22.4 Å². The fourth-order valence-electron chi connectivity index (χ4n) is 4.13. The highest BCUT2D eigenvalue weighted by Gasteiger charge is 2.39. The first-order valence-electron chi connectivity index (χ1n) is 12.6. The molecular formula is C27H29F3N6O5S. The van der Waals surface area contributed by atoms with E-state index in [-0.39, 0.29) is 18.7 Å². The number of aliphatic hydroxyl groups is 1. The Morgan fingerprint density at radius 2 is 1.67 bits per heavy atom. The van der Waals surface area contributed by atoms with Gasteiger partial charge in [-0.15, -0.1) is 0 Å². The molecule has 0 unspecified atom stereocenters. The summed E-state index contributed by atoms with van der Waals surface area (Å²) in [5, 5.41) is 8.85. The van der Waals surface area contributed by atoms with E-state index in [2.05, 4.69) is 15.0 Å². The number of nitrogens with zero attached hydrogens (tertiary/aromatic N) is 5. The van der Waals surface area contributed by atoms with Crippen molar-refractivity contribution in [2.45, 2.75) is 57.4 Å². The Balaban J connectivity index is 1.76. The molecule has 0 radical (unpaired) electrons. The molecule has 0 saturated heterocycles. The molecule has 0 spiro atoms. The lowest BCUT2D eigenvalue weighted by Crippen LogP contribution is -2.36. The third kappa shape index (κ3) is 6.97. The van der Waals surface area contributed by atoms with Crippen LogP contribution < -0.4 is 10.6 Å². The van der Waals surface area contributed by atoms with E-state index in [4.69, 9.17) is 10.5 Å². The summed E-state index contributed by atoms with van der Waals surface area (Å²) in [5.41, 5.74) is 6.13. The lowest BCUT2D eigenvalue weighted by molar-refractivity contribution is -0.146. The maximum absolute atomic E-state index is 14.0. The van der Waals surface area contributed by atoms with Gasteiger partial charge in [-0.25, -0.2) is 18.2 Å². The smallest absolute Gasteiger partial charge is 0.443 e. The van der Waals surface area contributed by atoms with Gasteiger partial charge < -0.3 is 20.1 Å². The number of benzene rings is 2. The molecule has 42 heavy (non-hydrogen) atoms. The Labute approximate surface area is 239 Å².